The highest BCUT2D eigenvalue weighted by molar-refractivity contribution is 6.23. The molecule has 12 heteroatoms. The lowest BCUT2D eigenvalue weighted by Crippen LogP contribution is -2.60. The summed E-state index contributed by atoms with van der Waals surface area (Å²) in [4.78, 5) is 45.6. The Morgan fingerprint density at radius 1 is 1.03 bits per heavy atom. The number of benzene rings is 2. The number of nitrogens with two attached hydrogens (primary N) is 1. The third kappa shape index (κ3) is 3.67. The van der Waals surface area contributed by atoms with Crippen LogP contribution in [0.2, 0.25) is 0 Å². The Bertz CT molecular complexity index is 1230. The van der Waals surface area contributed by atoms with E-state index < -0.39 is 53.2 Å². The molecule has 3 atom stereocenters. The molecule has 2 aromatic carbocycles. The molecule has 3 aromatic rings. The Hall–Kier alpha value is -3.87. The van der Waals surface area contributed by atoms with E-state index in [9.17, 15) is 24.6 Å². The topological polar surface area (TPSA) is 158 Å². The molecule has 10 nitrogen and oxygen atoms in total. The monoisotopic (exact) mass is 472 g/mol. The summed E-state index contributed by atoms with van der Waals surface area (Å²) in [7, 11) is 0. The number of nitrogens with zero attached hydrogens (tertiary/aromatic N) is 3. The van der Waals surface area contributed by atoms with Crippen LogP contribution < -0.4 is 11.4 Å². The maximum atomic E-state index is 15.1. The lowest BCUT2D eigenvalue weighted by molar-refractivity contribution is -0.142. The van der Waals surface area contributed by atoms with Crippen LogP contribution in [0.25, 0.3) is 0 Å². The lowest BCUT2D eigenvalue weighted by atomic mass is 9.79. The number of rotatable bonds is 6. The van der Waals surface area contributed by atoms with Crippen LogP contribution in [0, 0.1) is 0 Å². The van der Waals surface area contributed by atoms with Crippen molar-refractivity contribution in [1.29, 1.82) is 0 Å². The molecular weight excluding hydrogens is 454 g/mol. The molecule has 0 bridgehead atoms. The zero-order valence-corrected chi connectivity index (χ0v) is 17.3. The number of ketones is 2. The van der Waals surface area contributed by atoms with Crippen LogP contribution >= 0.6 is 0 Å². The van der Waals surface area contributed by atoms with E-state index in [0.717, 1.165) is 0 Å². The van der Waals surface area contributed by atoms with Crippen LogP contribution in [0.15, 0.2) is 71.8 Å². The molecule has 0 amide bonds. The molecule has 1 saturated heterocycles. The van der Waals surface area contributed by atoms with E-state index in [2.05, 4.69) is 9.97 Å². The molecular formula is C22H18F2N4O6. The number of aliphatic hydroxyl groups excluding tert-OH is 1. The Morgan fingerprint density at radius 2 is 1.53 bits per heavy atom. The van der Waals surface area contributed by atoms with Crippen LogP contribution in [0.5, 0.6) is 0 Å². The van der Waals surface area contributed by atoms with E-state index >= 15 is 8.78 Å². The molecule has 2 heterocycles. The second kappa shape index (κ2) is 8.48. The van der Waals surface area contributed by atoms with E-state index in [0.29, 0.717) is 6.33 Å². The van der Waals surface area contributed by atoms with Gasteiger partial charge in [-0.2, -0.15) is 13.8 Å². The first-order valence-electron chi connectivity index (χ1n) is 9.92. The number of anilines is 1. The number of Topliss-reactive ketones (excluding diaryl/α,β-unsaturated/α-hetero) is 2. The number of hydrogen-bond acceptors (Lipinski definition) is 9. The first kappa shape index (κ1) is 23.3. The van der Waals surface area contributed by atoms with Gasteiger partial charge in [-0.1, -0.05) is 60.7 Å². The Kier molecular flexibility index (Phi) is 5.81. The average molecular weight is 472 g/mol. The quantitative estimate of drug-likeness (QED) is 0.345. The van der Waals surface area contributed by atoms with Gasteiger partial charge in [0.15, 0.2) is 6.10 Å². The van der Waals surface area contributed by atoms with E-state index in [4.69, 9.17) is 10.5 Å². The first-order chi connectivity index (χ1) is 16.1. The number of carbonyl (C=O) groups is 2. The molecule has 0 unspecified atom stereocenters. The molecule has 1 aromatic heterocycles. The number of nitrogen functional groups attached to an aromatic ring is 1. The predicted molar refractivity (Wildman–Crippen MR) is 112 cm³/mol. The zero-order valence-electron chi connectivity index (χ0n) is 17.3. The molecule has 1 aliphatic heterocycles. The van der Waals surface area contributed by atoms with Crippen molar-refractivity contribution < 1.29 is 33.3 Å². The van der Waals surface area contributed by atoms with Crippen molar-refractivity contribution >= 4 is 17.5 Å². The van der Waals surface area contributed by atoms with Gasteiger partial charge in [-0.3, -0.25) is 9.59 Å². The number of carbonyl (C=O) groups excluding carboxylic acids is 2. The second-order valence-electron chi connectivity index (χ2n) is 7.59. The van der Waals surface area contributed by atoms with E-state index in [1.165, 1.54) is 48.5 Å². The van der Waals surface area contributed by atoms with Crippen molar-refractivity contribution in [1.82, 2.24) is 14.5 Å². The van der Waals surface area contributed by atoms with E-state index in [1.54, 1.807) is 12.1 Å². The summed E-state index contributed by atoms with van der Waals surface area (Å²) < 4.78 is 35.7. The number of halogens is 2. The molecule has 4 N–H and O–H groups in total. The fourth-order valence-electron chi connectivity index (χ4n) is 3.73. The molecule has 0 saturated carbocycles. The Balaban J connectivity index is 1.85. The van der Waals surface area contributed by atoms with E-state index in [-0.39, 0.29) is 15.7 Å². The number of ether oxygens (including phenoxy) is 1. The third-order valence-corrected chi connectivity index (χ3v) is 5.46. The highest BCUT2D eigenvalue weighted by Gasteiger charge is 2.68. The molecule has 0 aliphatic carbocycles. The molecule has 1 fully saturated rings. The van der Waals surface area contributed by atoms with Crippen LogP contribution in [0.3, 0.4) is 0 Å². The molecule has 0 radical (unpaired) electrons. The van der Waals surface area contributed by atoms with Crippen LogP contribution in [-0.4, -0.2) is 60.0 Å². The maximum Gasteiger partial charge on any atom is 0.354 e. The molecule has 176 valence electrons. The van der Waals surface area contributed by atoms with Gasteiger partial charge < -0.3 is 20.7 Å². The van der Waals surface area contributed by atoms with E-state index in [1.807, 2.05) is 0 Å². The molecule has 4 rings (SSSR count). The Labute approximate surface area is 190 Å². The van der Waals surface area contributed by atoms with Gasteiger partial charge in [0.2, 0.25) is 29.3 Å². The summed E-state index contributed by atoms with van der Waals surface area (Å²) >= 11 is 0. The third-order valence-electron chi connectivity index (χ3n) is 5.46. The zero-order chi connectivity index (χ0) is 24.7. The summed E-state index contributed by atoms with van der Waals surface area (Å²) in [5, 5.41) is 22.0. The average Bonchev–Trinajstić information content (AvgIpc) is 3.08. The highest BCUT2D eigenvalue weighted by atomic mass is 19.3. The fraction of sp³-hybridized carbons (Fsp3) is 0.227. The van der Waals surface area contributed by atoms with Gasteiger partial charge in [0.1, 0.15) is 12.4 Å². The number of alkyl halides is 2. The van der Waals surface area contributed by atoms with Gasteiger partial charge in [0, 0.05) is 11.1 Å². The number of aliphatic hydroxyl groups is 2. The summed E-state index contributed by atoms with van der Waals surface area (Å²) in [5.41, 5.74) is 0.344. The first-order valence-corrected chi connectivity index (χ1v) is 9.92. The Morgan fingerprint density at radius 3 is 2.00 bits per heavy atom. The number of aromatic nitrogens is 3. The van der Waals surface area contributed by atoms with Crippen molar-refractivity contribution in [2.45, 2.75) is 30.0 Å². The van der Waals surface area contributed by atoms with Crippen LogP contribution in [0.4, 0.5) is 14.7 Å². The van der Waals surface area contributed by atoms with Gasteiger partial charge in [-0.25, -0.2) is 14.3 Å². The summed E-state index contributed by atoms with van der Waals surface area (Å²) in [5.74, 6) is -7.28. The van der Waals surface area contributed by atoms with Gasteiger partial charge >= 0.3 is 11.6 Å². The van der Waals surface area contributed by atoms with Crippen LogP contribution in [-0.2, 0) is 4.74 Å². The normalized spacial score (nSPS) is 21.8. The lowest BCUT2D eigenvalue weighted by Gasteiger charge is -2.32. The fourth-order valence-corrected chi connectivity index (χ4v) is 3.73. The smallest absolute Gasteiger partial charge is 0.354 e. The maximum absolute atomic E-state index is 15.1. The summed E-state index contributed by atoms with van der Waals surface area (Å²) in [6, 6.07) is 13.9. The van der Waals surface area contributed by atoms with Crippen molar-refractivity contribution in [3.63, 3.8) is 0 Å². The van der Waals surface area contributed by atoms with Gasteiger partial charge in [0.25, 0.3) is 0 Å². The predicted octanol–water partition coefficient (Wildman–Crippen LogP) is 0.611. The SMILES string of the molecule is Nc1ncn([C@@H]2O[C@H](C(O)(C(=O)c3ccccc3)C(=O)c3ccccc3)[C@@H](O)C2(F)F)c(=O)n1. The molecule has 0 spiro atoms. The highest BCUT2D eigenvalue weighted by Crippen LogP contribution is 2.46. The summed E-state index contributed by atoms with van der Waals surface area (Å²) in [6.07, 6.45) is -7.25. The minimum Gasteiger partial charge on any atom is -0.384 e. The summed E-state index contributed by atoms with van der Waals surface area (Å²) in [6.45, 7) is 0. The standard InChI is InChI=1S/C22H18F2N4O6/c23-22(24)16(31)17(34-18(22)28-11-26-19(25)27-20(28)32)21(33,14(29)12-7-3-1-4-8-12)15(30)13-9-5-2-6-10-13/h1-11,16-18,31,33H,(H2,25,27,32)/t16-,17+,18-/m1/s1. The largest absolute Gasteiger partial charge is 0.384 e. The van der Waals surface area contributed by atoms with Crippen molar-refractivity contribution in [2.75, 3.05) is 5.73 Å². The minimum absolute atomic E-state index is 0.190. The molecule has 1 aliphatic rings. The minimum atomic E-state index is -4.24. The van der Waals surface area contributed by atoms with Crippen LogP contribution in [0.1, 0.15) is 26.9 Å². The van der Waals surface area contributed by atoms with Gasteiger partial charge in [-0.05, 0) is 0 Å². The van der Waals surface area contributed by atoms with Gasteiger partial charge in [-0.15, -0.1) is 0 Å². The number of hydrogen-bond donors (Lipinski definition) is 3. The van der Waals surface area contributed by atoms with Crippen molar-refractivity contribution in [2.24, 2.45) is 0 Å². The molecule has 34 heavy (non-hydrogen) atoms. The van der Waals surface area contributed by atoms with Gasteiger partial charge in [0.05, 0.1) is 0 Å². The van der Waals surface area contributed by atoms with Crippen molar-refractivity contribution in [3.05, 3.63) is 88.6 Å². The van der Waals surface area contributed by atoms with Crippen molar-refractivity contribution in [3.8, 4) is 0 Å². The second-order valence-corrected chi connectivity index (χ2v) is 7.59.